The molecule has 0 bridgehead atoms. The van der Waals surface area contributed by atoms with E-state index in [4.69, 9.17) is 11.6 Å². The highest BCUT2D eigenvalue weighted by atomic mass is 35.5. The van der Waals surface area contributed by atoms with Gasteiger partial charge in [-0.05, 0) is 96.0 Å². The molecule has 43 heavy (non-hydrogen) atoms. The molecule has 8 heteroatoms. The fraction of sp³-hybridized carbons (Fsp3) is 0.0857. The summed E-state index contributed by atoms with van der Waals surface area (Å²) in [5.41, 5.74) is 2.14. The van der Waals surface area contributed by atoms with Crippen molar-refractivity contribution in [1.82, 2.24) is 9.88 Å². The van der Waals surface area contributed by atoms with Gasteiger partial charge in [0, 0.05) is 23.0 Å². The zero-order valence-electron chi connectivity index (χ0n) is 23.6. The standard InChI is InChI=1S/C35H29ClFN3O3/c1-4-32(40(3)5-2)35(43,24-12-15-28(41)16-13-24)25-14-17-31-30(20-25)29(22-8-6-10-26(36)18-22)21-33(38-31)39-34(42)23-9-7-11-27(37)19-23/h4-21,41,43H,2H2,1,3H3,(H,38,39,42)/b32-4-. The lowest BCUT2D eigenvalue weighted by molar-refractivity contribution is 0.0969. The van der Waals surface area contributed by atoms with Crippen LogP contribution >= 0.6 is 11.6 Å². The molecule has 1 amide bonds. The Balaban J connectivity index is 1.72. The molecule has 0 aliphatic heterocycles. The molecule has 1 unspecified atom stereocenters. The van der Waals surface area contributed by atoms with E-state index < -0.39 is 17.3 Å². The number of likely N-dealkylation sites (N-methyl/N-ethyl adjacent to an activating group) is 1. The number of halogens is 2. The van der Waals surface area contributed by atoms with Crippen LogP contribution in [0.5, 0.6) is 5.75 Å². The van der Waals surface area contributed by atoms with Gasteiger partial charge in [-0.25, -0.2) is 9.37 Å². The highest BCUT2D eigenvalue weighted by Gasteiger charge is 2.37. The van der Waals surface area contributed by atoms with Crippen LogP contribution in [0.15, 0.2) is 122 Å². The number of anilines is 1. The number of aromatic nitrogens is 1. The van der Waals surface area contributed by atoms with Crippen molar-refractivity contribution in [3.63, 3.8) is 0 Å². The van der Waals surface area contributed by atoms with Gasteiger partial charge in [-0.3, -0.25) is 4.79 Å². The number of aliphatic hydroxyl groups is 1. The van der Waals surface area contributed by atoms with E-state index >= 15 is 0 Å². The average Bonchev–Trinajstić information content (AvgIpc) is 3.00. The Morgan fingerprint density at radius 1 is 1.00 bits per heavy atom. The Labute approximate surface area is 254 Å². The average molecular weight is 594 g/mol. The van der Waals surface area contributed by atoms with E-state index in [1.165, 1.54) is 30.3 Å². The van der Waals surface area contributed by atoms with Crippen molar-refractivity contribution in [2.24, 2.45) is 0 Å². The first-order chi connectivity index (χ1) is 20.6. The molecule has 0 radical (unpaired) electrons. The summed E-state index contributed by atoms with van der Waals surface area (Å²) >= 11 is 6.37. The largest absolute Gasteiger partial charge is 0.508 e. The van der Waals surface area contributed by atoms with Gasteiger partial charge in [0.2, 0.25) is 0 Å². The quantitative estimate of drug-likeness (QED) is 0.170. The number of pyridine rings is 1. The van der Waals surface area contributed by atoms with E-state index in [9.17, 15) is 19.4 Å². The van der Waals surface area contributed by atoms with E-state index in [0.29, 0.717) is 38.3 Å². The van der Waals surface area contributed by atoms with Gasteiger partial charge in [0.05, 0.1) is 11.2 Å². The number of hydrogen-bond donors (Lipinski definition) is 3. The molecule has 5 aromatic rings. The summed E-state index contributed by atoms with van der Waals surface area (Å²) < 4.78 is 13.8. The molecular weight excluding hydrogens is 565 g/mol. The smallest absolute Gasteiger partial charge is 0.256 e. The van der Waals surface area contributed by atoms with Gasteiger partial charge in [0.15, 0.2) is 5.60 Å². The number of phenols is 1. The maximum atomic E-state index is 13.8. The lowest BCUT2D eigenvalue weighted by Gasteiger charge is -2.36. The summed E-state index contributed by atoms with van der Waals surface area (Å²) in [6.45, 7) is 5.70. The number of rotatable bonds is 8. The molecule has 0 spiro atoms. The number of benzene rings is 4. The number of amides is 1. The van der Waals surface area contributed by atoms with E-state index in [2.05, 4.69) is 16.9 Å². The van der Waals surface area contributed by atoms with Gasteiger partial charge in [-0.1, -0.05) is 60.7 Å². The summed E-state index contributed by atoms with van der Waals surface area (Å²) in [6.07, 6.45) is 3.41. The summed E-state index contributed by atoms with van der Waals surface area (Å²) in [5, 5.41) is 26.5. The number of nitrogens with zero attached hydrogens (tertiary/aromatic N) is 2. The lowest BCUT2D eigenvalue weighted by Crippen LogP contribution is -2.36. The maximum absolute atomic E-state index is 13.8. The summed E-state index contributed by atoms with van der Waals surface area (Å²) in [5.74, 6) is -0.690. The molecule has 1 heterocycles. The molecule has 4 aromatic carbocycles. The minimum atomic E-state index is -1.64. The highest BCUT2D eigenvalue weighted by Crippen LogP contribution is 2.41. The summed E-state index contributed by atoms with van der Waals surface area (Å²) in [6, 6.07) is 26.2. The maximum Gasteiger partial charge on any atom is 0.256 e. The van der Waals surface area contributed by atoms with Gasteiger partial charge in [0.1, 0.15) is 17.4 Å². The monoisotopic (exact) mass is 593 g/mol. The zero-order chi connectivity index (χ0) is 30.7. The molecule has 1 aromatic heterocycles. The minimum absolute atomic E-state index is 0.0731. The summed E-state index contributed by atoms with van der Waals surface area (Å²) in [4.78, 5) is 19.4. The number of fused-ring (bicyclic) bond motifs is 1. The van der Waals surface area contributed by atoms with Crippen LogP contribution in [0.2, 0.25) is 5.02 Å². The fourth-order valence-electron chi connectivity index (χ4n) is 5.16. The molecule has 0 aliphatic carbocycles. The number of aromatic hydroxyl groups is 1. The third-order valence-electron chi connectivity index (χ3n) is 7.27. The SMILES string of the molecule is C=CN(C)/C(=C\C)C(O)(c1ccc(O)cc1)c1ccc2nc(NC(=O)c3cccc(F)c3)cc(-c3cccc(Cl)c3)c2c1. The molecule has 216 valence electrons. The van der Waals surface area contributed by atoms with Crippen LogP contribution in [-0.2, 0) is 5.60 Å². The van der Waals surface area contributed by atoms with Crippen LogP contribution in [-0.4, -0.2) is 33.1 Å². The number of nitrogens with one attached hydrogen (secondary N) is 1. The van der Waals surface area contributed by atoms with Crippen molar-refractivity contribution in [2.75, 3.05) is 12.4 Å². The molecule has 0 saturated carbocycles. The Bertz CT molecular complexity index is 1870. The Morgan fingerprint density at radius 3 is 2.40 bits per heavy atom. The Hall–Kier alpha value is -4.98. The van der Waals surface area contributed by atoms with E-state index in [1.54, 1.807) is 66.7 Å². The van der Waals surface area contributed by atoms with Crippen molar-refractivity contribution in [3.05, 3.63) is 149 Å². The normalized spacial score (nSPS) is 12.9. The molecule has 6 nitrogen and oxygen atoms in total. The van der Waals surface area contributed by atoms with Crippen molar-refractivity contribution < 1.29 is 19.4 Å². The van der Waals surface area contributed by atoms with Crippen molar-refractivity contribution >= 4 is 34.2 Å². The van der Waals surface area contributed by atoms with Crippen LogP contribution in [0.3, 0.4) is 0 Å². The highest BCUT2D eigenvalue weighted by molar-refractivity contribution is 6.31. The Kier molecular flexibility index (Phi) is 8.30. The molecule has 3 N–H and O–H groups in total. The lowest BCUT2D eigenvalue weighted by atomic mass is 9.81. The minimum Gasteiger partial charge on any atom is -0.508 e. The van der Waals surface area contributed by atoms with Crippen molar-refractivity contribution in [2.45, 2.75) is 12.5 Å². The van der Waals surface area contributed by atoms with Crippen LogP contribution in [0, 0.1) is 5.82 Å². The van der Waals surface area contributed by atoms with Gasteiger partial charge < -0.3 is 20.4 Å². The number of carbonyl (C=O) groups excluding carboxylic acids is 1. The van der Waals surface area contributed by atoms with Crippen LogP contribution in [0.1, 0.15) is 28.4 Å². The van der Waals surface area contributed by atoms with E-state index in [1.807, 2.05) is 25.1 Å². The molecular formula is C35H29ClFN3O3. The summed E-state index contributed by atoms with van der Waals surface area (Å²) in [7, 11) is 1.79. The first-order valence-electron chi connectivity index (χ1n) is 13.5. The van der Waals surface area contributed by atoms with Gasteiger partial charge >= 0.3 is 0 Å². The predicted molar refractivity (Wildman–Crippen MR) is 169 cm³/mol. The van der Waals surface area contributed by atoms with Crippen molar-refractivity contribution in [1.29, 1.82) is 0 Å². The van der Waals surface area contributed by atoms with E-state index in [0.717, 1.165) is 11.6 Å². The number of allylic oxidation sites excluding steroid dienone is 1. The molecule has 1 atom stereocenters. The fourth-order valence-corrected chi connectivity index (χ4v) is 5.35. The molecule has 0 saturated heterocycles. The second-order valence-corrected chi connectivity index (χ2v) is 10.4. The second kappa shape index (κ2) is 12.1. The Morgan fingerprint density at radius 2 is 1.72 bits per heavy atom. The first kappa shape index (κ1) is 29.5. The van der Waals surface area contributed by atoms with Crippen LogP contribution < -0.4 is 5.32 Å². The first-order valence-corrected chi connectivity index (χ1v) is 13.8. The topological polar surface area (TPSA) is 85.7 Å². The third kappa shape index (κ3) is 5.86. The van der Waals surface area contributed by atoms with Gasteiger partial charge in [0.25, 0.3) is 5.91 Å². The van der Waals surface area contributed by atoms with Gasteiger partial charge in [-0.15, -0.1) is 0 Å². The van der Waals surface area contributed by atoms with Crippen LogP contribution in [0.4, 0.5) is 10.2 Å². The second-order valence-electron chi connectivity index (χ2n) is 9.99. The molecule has 0 aliphatic rings. The van der Waals surface area contributed by atoms with E-state index in [-0.39, 0.29) is 17.1 Å². The van der Waals surface area contributed by atoms with Crippen LogP contribution in [0.25, 0.3) is 22.0 Å². The molecule has 5 rings (SSSR count). The number of carbonyl (C=O) groups is 1. The number of phenolic OH excluding ortho intramolecular Hbond substituents is 1. The predicted octanol–water partition coefficient (Wildman–Crippen LogP) is 7.87. The zero-order valence-corrected chi connectivity index (χ0v) is 24.3. The third-order valence-corrected chi connectivity index (χ3v) is 7.51. The van der Waals surface area contributed by atoms with Gasteiger partial charge in [-0.2, -0.15) is 0 Å². The molecule has 0 fully saturated rings. The number of hydrogen-bond acceptors (Lipinski definition) is 5. The van der Waals surface area contributed by atoms with Crippen molar-refractivity contribution in [3.8, 4) is 16.9 Å².